The maximum atomic E-state index is 5.47. The van der Waals surface area contributed by atoms with E-state index in [4.69, 9.17) is 23.9 Å². The lowest BCUT2D eigenvalue weighted by atomic mass is 10.1. The average molecular weight is 476 g/mol. The molecule has 2 heterocycles. The van der Waals surface area contributed by atoms with Crippen LogP contribution in [0.25, 0.3) is 37.9 Å². The number of rotatable bonds is 7. The van der Waals surface area contributed by atoms with Gasteiger partial charge in [-0.05, 0) is 65.0 Å². The summed E-state index contributed by atoms with van der Waals surface area (Å²) in [5.74, 6) is 2.91. The summed E-state index contributed by atoms with van der Waals surface area (Å²) in [7, 11) is 6.36. The Morgan fingerprint density at radius 3 is 2.15 bits per heavy atom. The summed E-state index contributed by atoms with van der Waals surface area (Å²) in [6.07, 6.45) is 0. The second-order valence-electron chi connectivity index (χ2n) is 7.23. The summed E-state index contributed by atoms with van der Waals surface area (Å²) in [5, 5.41) is 13.2. The van der Waals surface area contributed by atoms with Crippen molar-refractivity contribution in [2.45, 2.75) is 0 Å². The van der Waals surface area contributed by atoms with Crippen molar-refractivity contribution in [3.8, 4) is 50.6 Å². The summed E-state index contributed by atoms with van der Waals surface area (Å²) in [4.78, 5) is 4.75. The lowest BCUT2D eigenvalue weighted by molar-refractivity contribution is 0.324. The second kappa shape index (κ2) is 8.99. The Kier molecular flexibility index (Phi) is 5.72. The van der Waals surface area contributed by atoms with Gasteiger partial charge in [0.05, 0.1) is 44.3 Å². The van der Waals surface area contributed by atoms with Crippen LogP contribution in [0.4, 0.5) is 0 Å². The largest absolute Gasteiger partial charge is 0.497 e. The van der Waals surface area contributed by atoms with E-state index in [1.165, 1.54) is 0 Å². The first-order valence-electron chi connectivity index (χ1n) is 10.3. The van der Waals surface area contributed by atoms with Crippen LogP contribution in [-0.4, -0.2) is 53.6 Å². The van der Waals surface area contributed by atoms with Gasteiger partial charge in [-0.3, -0.25) is 0 Å². The predicted molar refractivity (Wildman–Crippen MR) is 129 cm³/mol. The summed E-state index contributed by atoms with van der Waals surface area (Å²) < 4.78 is 24.4. The minimum absolute atomic E-state index is 0.505. The van der Waals surface area contributed by atoms with Crippen LogP contribution in [0.3, 0.4) is 0 Å². The highest BCUT2D eigenvalue weighted by atomic mass is 32.1. The van der Waals surface area contributed by atoms with Crippen molar-refractivity contribution in [2.24, 2.45) is 0 Å². The molecular formula is C24H21N5O4S. The Bertz CT molecular complexity index is 1440. The van der Waals surface area contributed by atoms with Gasteiger partial charge in [0.2, 0.25) is 5.75 Å². The second-order valence-corrected chi connectivity index (χ2v) is 8.26. The predicted octanol–water partition coefficient (Wildman–Crippen LogP) is 4.64. The van der Waals surface area contributed by atoms with Gasteiger partial charge in [-0.25, -0.2) is 4.98 Å². The van der Waals surface area contributed by atoms with Crippen molar-refractivity contribution in [3.63, 3.8) is 0 Å². The van der Waals surface area contributed by atoms with Crippen LogP contribution in [-0.2, 0) is 0 Å². The fourth-order valence-electron chi connectivity index (χ4n) is 3.65. The number of benzene rings is 3. The molecule has 5 rings (SSSR count). The van der Waals surface area contributed by atoms with Crippen molar-refractivity contribution >= 4 is 21.6 Å². The standard InChI is InChI=1S/C24H21N5O4S/c1-30-17-9-10-18-21(13-17)34-24(25-18)14-5-7-16(8-6-14)29-23(26-27-28-29)15-11-19(31-2)22(33-4)20(12-15)32-3/h5-13H,1-4H3. The Morgan fingerprint density at radius 1 is 0.765 bits per heavy atom. The zero-order valence-corrected chi connectivity index (χ0v) is 19.8. The van der Waals surface area contributed by atoms with E-state index in [1.54, 1.807) is 44.5 Å². The molecule has 0 aliphatic carbocycles. The van der Waals surface area contributed by atoms with E-state index >= 15 is 0 Å². The molecule has 0 fully saturated rings. The molecule has 0 spiro atoms. The topological polar surface area (TPSA) is 93.4 Å². The van der Waals surface area contributed by atoms with Gasteiger partial charge in [0.25, 0.3) is 0 Å². The molecule has 34 heavy (non-hydrogen) atoms. The third kappa shape index (κ3) is 3.77. The first-order chi connectivity index (χ1) is 16.6. The van der Waals surface area contributed by atoms with E-state index in [1.807, 2.05) is 54.6 Å². The van der Waals surface area contributed by atoms with Gasteiger partial charge in [0.15, 0.2) is 17.3 Å². The highest BCUT2D eigenvalue weighted by molar-refractivity contribution is 7.21. The van der Waals surface area contributed by atoms with Gasteiger partial charge >= 0.3 is 0 Å². The van der Waals surface area contributed by atoms with E-state index in [0.717, 1.165) is 37.8 Å². The molecule has 0 aliphatic heterocycles. The van der Waals surface area contributed by atoms with Gasteiger partial charge in [0.1, 0.15) is 10.8 Å². The number of ether oxygens (including phenoxy) is 4. The van der Waals surface area contributed by atoms with Crippen LogP contribution in [0.2, 0.25) is 0 Å². The van der Waals surface area contributed by atoms with Crippen LogP contribution in [0.5, 0.6) is 23.0 Å². The molecular weight excluding hydrogens is 454 g/mol. The third-order valence-electron chi connectivity index (χ3n) is 5.35. The molecule has 0 unspecified atom stereocenters. The van der Waals surface area contributed by atoms with E-state index in [9.17, 15) is 0 Å². The number of thiazole rings is 1. The number of methoxy groups -OCH3 is 4. The third-order valence-corrected chi connectivity index (χ3v) is 6.41. The molecule has 0 aliphatic rings. The molecule has 0 saturated heterocycles. The lowest BCUT2D eigenvalue weighted by Gasteiger charge is -2.14. The molecule has 5 aromatic rings. The Balaban J connectivity index is 1.50. The van der Waals surface area contributed by atoms with Crippen LogP contribution >= 0.6 is 11.3 Å². The van der Waals surface area contributed by atoms with Gasteiger partial charge in [-0.2, -0.15) is 4.68 Å². The van der Waals surface area contributed by atoms with Crippen molar-refractivity contribution in [3.05, 3.63) is 54.6 Å². The minimum atomic E-state index is 0.505. The number of fused-ring (bicyclic) bond motifs is 1. The summed E-state index contributed by atoms with van der Waals surface area (Å²) >= 11 is 1.62. The van der Waals surface area contributed by atoms with Crippen molar-refractivity contribution in [1.82, 2.24) is 25.2 Å². The summed E-state index contributed by atoms with van der Waals surface area (Å²) in [6, 6.07) is 17.4. The van der Waals surface area contributed by atoms with Gasteiger partial charge in [-0.1, -0.05) is 0 Å². The van der Waals surface area contributed by atoms with Gasteiger partial charge < -0.3 is 18.9 Å². The molecule has 3 aromatic carbocycles. The molecule has 10 heteroatoms. The molecule has 0 atom stereocenters. The number of aromatic nitrogens is 5. The lowest BCUT2D eigenvalue weighted by Crippen LogP contribution is -2.01. The first kappa shape index (κ1) is 21.7. The van der Waals surface area contributed by atoms with Crippen molar-refractivity contribution in [1.29, 1.82) is 0 Å². The minimum Gasteiger partial charge on any atom is -0.497 e. The fourth-order valence-corrected chi connectivity index (χ4v) is 4.65. The van der Waals surface area contributed by atoms with Gasteiger partial charge in [0, 0.05) is 11.1 Å². The van der Waals surface area contributed by atoms with Gasteiger partial charge in [-0.15, -0.1) is 16.4 Å². The number of hydrogen-bond donors (Lipinski definition) is 0. The zero-order chi connectivity index (χ0) is 23.7. The molecule has 0 amide bonds. The van der Waals surface area contributed by atoms with E-state index in [2.05, 4.69) is 15.5 Å². The molecule has 0 radical (unpaired) electrons. The normalized spacial score (nSPS) is 10.9. The SMILES string of the molecule is COc1ccc2nc(-c3ccc(-n4nnnc4-c4cc(OC)c(OC)c(OC)c4)cc3)sc2c1. The maximum Gasteiger partial charge on any atom is 0.203 e. The van der Waals surface area contributed by atoms with Crippen LogP contribution < -0.4 is 18.9 Å². The molecule has 2 aromatic heterocycles. The number of hydrogen-bond acceptors (Lipinski definition) is 9. The smallest absolute Gasteiger partial charge is 0.203 e. The maximum absolute atomic E-state index is 5.47. The first-order valence-corrected chi connectivity index (χ1v) is 11.1. The Labute approximate surface area is 199 Å². The monoisotopic (exact) mass is 475 g/mol. The average Bonchev–Trinajstić information content (AvgIpc) is 3.54. The van der Waals surface area contributed by atoms with E-state index < -0.39 is 0 Å². The van der Waals surface area contributed by atoms with Crippen molar-refractivity contribution < 1.29 is 18.9 Å². The Hall–Kier alpha value is -4.18. The quantitative estimate of drug-likeness (QED) is 0.336. The highest BCUT2D eigenvalue weighted by Crippen LogP contribution is 2.41. The molecule has 172 valence electrons. The van der Waals surface area contributed by atoms with Crippen LogP contribution in [0.1, 0.15) is 0 Å². The van der Waals surface area contributed by atoms with Crippen LogP contribution in [0.15, 0.2) is 54.6 Å². The molecule has 0 N–H and O–H groups in total. The fraction of sp³-hybridized carbons (Fsp3) is 0.167. The summed E-state index contributed by atoms with van der Waals surface area (Å²) in [6.45, 7) is 0. The van der Waals surface area contributed by atoms with Crippen molar-refractivity contribution in [2.75, 3.05) is 28.4 Å². The number of nitrogens with zero attached hydrogens (tertiary/aromatic N) is 5. The van der Waals surface area contributed by atoms with E-state index in [0.29, 0.717) is 23.1 Å². The summed E-state index contributed by atoms with van der Waals surface area (Å²) in [5.41, 5.74) is 3.48. The Morgan fingerprint density at radius 2 is 1.50 bits per heavy atom. The van der Waals surface area contributed by atoms with Crippen LogP contribution in [0, 0.1) is 0 Å². The highest BCUT2D eigenvalue weighted by Gasteiger charge is 2.18. The molecule has 9 nitrogen and oxygen atoms in total. The zero-order valence-electron chi connectivity index (χ0n) is 19.0. The van der Waals surface area contributed by atoms with E-state index in [-0.39, 0.29) is 0 Å². The molecule has 0 saturated carbocycles. The molecule has 0 bridgehead atoms. The number of tetrazole rings is 1.